The van der Waals surface area contributed by atoms with E-state index in [4.69, 9.17) is 4.74 Å². The second kappa shape index (κ2) is 7.18. The molecule has 4 rings (SSSR count). The van der Waals surface area contributed by atoms with E-state index in [1.807, 2.05) is 35.2 Å². The maximum absolute atomic E-state index is 12.9. The van der Waals surface area contributed by atoms with E-state index >= 15 is 0 Å². The van der Waals surface area contributed by atoms with E-state index in [9.17, 15) is 4.79 Å². The summed E-state index contributed by atoms with van der Waals surface area (Å²) in [7, 11) is 0. The molecule has 1 aromatic rings. The minimum absolute atomic E-state index is 0.00288. The first-order valence-corrected chi connectivity index (χ1v) is 9.74. The van der Waals surface area contributed by atoms with Crippen molar-refractivity contribution in [1.29, 1.82) is 0 Å². The molecule has 3 saturated heterocycles. The van der Waals surface area contributed by atoms with E-state index in [0.29, 0.717) is 12.0 Å². The average Bonchev–Trinajstić information content (AvgIpc) is 2.60. The summed E-state index contributed by atoms with van der Waals surface area (Å²) in [6, 6.07) is 10.0. The van der Waals surface area contributed by atoms with Gasteiger partial charge in [0, 0.05) is 45.0 Å². The number of nitrogens with zero attached hydrogens (tertiary/aromatic N) is 3. The molecule has 1 aromatic carbocycles. The molecular formula is C20H30N4O2. The second-order valence-corrected chi connectivity index (χ2v) is 8.39. The van der Waals surface area contributed by atoms with Crippen molar-refractivity contribution in [3.8, 4) is 0 Å². The molecule has 1 N–H and O–H groups in total. The van der Waals surface area contributed by atoms with Gasteiger partial charge >= 0.3 is 6.03 Å². The van der Waals surface area contributed by atoms with E-state index in [2.05, 4.69) is 29.0 Å². The van der Waals surface area contributed by atoms with Crippen molar-refractivity contribution in [2.24, 2.45) is 5.92 Å². The quantitative estimate of drug-likeness (QED) is 0.897. The third kappa shape index (κ3) is 3.46. The number of carbonyl (C=O) groups excluding carboxylic acids is 1. The number of hydrogen-bond donors (Lipinski definition) is 1. The Balaban J connectivity index is 1.46. The van der Waals surface area contributed by atoms with Gasteiger partial charge in [-0.05, 0) is 18.1 Å². The smallest absolute Gasteiger partial charge is 0.321 e. The Kier molecular flexibility index (Phi) is 4.90. The van der Waals surface area contributed by atoms with Gasteiger partial charge in [-0.3, -0.25) is 9.80 Å². The van der Waals surface area contributed by atoms with Gasteiger partial charge in [0.2, 0.25) is 0 Å². The molecule has 3 aliphatic heterocycles. The molecule has 1 spiro atoms. The number of anilines is 1. The highest BCUT2D eigenvalue weighted by atomic mass is 16.5. The van der Waals surface area contributed by atoms with Crippen LogP contribution in [0.5, 0.6) is 0 Å². The summed E-state index contributed by atoms with van der Waals surface area (Å²) >= 11 is 0. The van der Waals surface area contributed by atoms with Crippen molar-refractivity contribution in [3.63, 3.8) is 0 Å². The minimum atomic E-state index is 0.00288. The Morgan fingerprint density at radius 2 is 2.04 bits per heavy atom. The number of ether oxygens (including phenoxy) is 1. The predicted molar refractivity (Wildman–Crippen MR) is 102 cm³/mol. The van der Waals surface area contributed by atoms with Crippen molar-refractivity contribution in [2.75, 3.05) is 57.8 Å². The van der Waals surface area contributed by atoms with Crippen LogP contribution in [0.25, 0.3) is 0 Å². The Morgan fingerprint density at radius 1 is 1.27 bits per heavy atom. The second-order valence-electron chi connectivity index (χ2n) is 8.39. The molecular weight excluding hydrogens is 328 g/mol. The Hall–Kier alpha value is -1.63. The number of amides is 2. The van der Waals surface area contributed by atoms with E-state index in [-0.39, 0.29) is 11.6 Å². The third-order valence-corrected chi connectivity index (χ3v) is 5.72. The van der Waals surface area contributed by atoms with Gasteiger partial charge in [0.15, 0.2) is 0 Å². The maximum atomic E-state index is 12.9. The number of fused-ring (bicyclic) bond motifs is 2. The third-order valence-electron chi connectivity index (χ3n) is 5.72. The Bertz CT molecular complexity index is 630. The molecule has 2 amide bonds. The highest BCUT2D eigenvalue weighted by Gasteiger charge is 2.54. The standard InChI is InChI=1S/C20H30N4O2/c1-16(2)10-22-13-20(14-22)15-23(11-18-12-26-9-8-24(18)20)19(25)21-17-6-4-3-5-7-17/h3-7,16,18H,8-15H2,1-2H3,(H,21,25)/t18-/m1/s1. The molecule has 6 nitrogen and oxygen atoms in total. The fourth-order valence-electron chi connectivity index (χ4n) is 4.79. The van der Waals surface area contributed by atoms with Crippen LogP contribution in [0, 0.1) is 5.92 Å². The first-order chi connectivity index (χ1) is 12.6. The minimum Gasteiger partial charge on any atom is -0.378 e. The van der Waals surface area contributed by atoms with Crippen LogP contribution < -0.4 is 5.32 Å². The molecule has 0 unspecified atom stereocenters. The molecule has 3 aliphatic rings. The lowest BCUT2D eigenvalue weighted by atomic mass is 9.82. The number of carbonyl (C=O) groups is 1. The van der Waals surface area contributed by atoms with E-state index in [1.165, 1.54) is 0 Å². The van der Waals surface area contributed by atoms with E-state index in [1.54, 1.807) is 0 Å². The van der Waals surface area contributed by atoms with Crippen molar-refractivity contribution in [2.45, 2.75) is 25.4 Å². The molecule has 142 valence electrons. The van der Waals surface area contributed by atoms with Crippen LogP contribution >= 0.6 is 0 Å². The zero-order valence-electron chi connectivity index (χ0n) is 15.9. The van der Waals surface area contributed by atoms with Crippen molar-refractivity contribution in [3.05, 3.63) is 30.3 Å². The fraction of sp³-hybridized carbons (Fsp3) is 0.650. The fourth-order valence-corrected chi connectivity index (χ4v) is 4.79. The highest BCUT2D eigenvalue weighted by Crippen LogP contribution is 2.36. The van der Waals surface area contributed by atoms with E-state index in [0.717, 1.165) is 58.2 Å². The van der Waals surface area contributed by atoms with E-state index < -0.39 is 0 Å². The SMILES string of the molecule is CC(C)CN1CC2(C1)CN(C(=O)Nc1ccccc1)C[C@@H]1COCCN12. The summed E-state index contributed by atoms with van der Waals surface area (Å²) in [6.45, 7) is 11.8. The van der Waals surface area contributed by atoms with Gasteiger partial charge in [-0.1, -0.05) is 32.0 Å². The molecule has 0 radical (unpaired) electrons. The van der Waals surface area contributed by atoms with Crippen molar-refractivity contribution < 1.29 is 9.53 Å². The molecule has 26 heavy (non-hydrogen) atoms. The van der Waals surface area contributed by atoms with Crippen LogP contribution in [-0.2, 0) is 4.74 Å². The molecule has 0 aliphatic carbocycles. The lowest BCUT2D eigenvalue weighted by Crippen LogP contribution is -2.81. The monoisotopic (exact) mass is 358 g/mol. The molecule has 1 atom stereocenters. The zero-order chi connectivity index (χ0) is 18.1. The number of urea groups is 1. The number of benzene rings is 1. The average molecular weight is 358 g/mol. The molecule has 0 bridgehead atoms. The summed E-state index contributed by atoms with van der Waals surface area (Å²) in [5.41, 5.74) is 0.944. The Morgan fingerprint density at radius 3 is 2.77 bits per heavy atom. The number of morpholine rings is 1. The van der Waals surface area contributed by atoms with Crippen LogP contribution in [0.4, 0.5) is 10.5 Å². The first kappa shape index (κ1) is 17.8. The number of rotatable bonds is 3. The van der Waals surface area contributed by atoms with Gasteiger partial charge in [-0.25, -0.2) is 4.79 Å². The van der Waals surface area contributed by atoms with Gasteiger partial charge in [-0.2, -0.15) is 0 Å². The van der Waals surface area contributed by atoms with Crippen LogP contribution in [0.2, 0.25) is 0 Å². The summed E-state index contributed by atoms with van der Waals surface area (Å²) in [4.78, 5) is 20.0. The summed E-state index contributed by atoms with van der Waals surface area (Å²) in [5, 5.41) is 3.05. The summed E-state index contributed by atoms with van der Waals surface area (Å²) < 4.78 is 5.72. The molecule has 0 saturated carbocycles. The largest absolute Gasteiger partial charge is 0.378 e. The van der Waals surface area contributed by atoms with Crippen molar-refractivity contribution >= 4 is 11.7 Å². The number of hydrogen-bond acceptors (Lipinski definition) is 4. The van der Waals surface area contributed by atoms with Gasteiger partial charge < -0.3 is 15.0 Å². The molecule has 6 heteroatoms. The molecule has 3 heterocycles. The predicted octanol–water partition coefficient (Wildman–Crippen LogP) is 1.95. The van der Waals surface area contributed by atoms with Gasteiger partial charge in [0.05, 0.1) is 24.8 Å². The first-order valence-electron chi connectivity index (χ1n) is 9.74. The number of para-hydroxylation sites is 1. The normalized spacial score (nSPS) is 25.8. The molecule has 0 aromatic heterocycles. The van der Waals surface area contributed by atoms with Gasteiger partial charge in [0.25, 0.3) is 0 Å². The van der Waals surface area contributed by atoms with Crippen LogP contribution in [0.15, 0.2) is 30.3 Å². The lowest BCUT2D eigenvalue weighted by molar-refractivity contribution is -0.158. The number of piperazine rings is 1. The van der Waals surface area contributed by atoms with Crippen molar-refractivity contribution in [1.82, 2.24) is 14.7 Å². The van der Waals surface area contributed by atoms with Gasteiger partial charge in [0.1, 0.15) is 0 Å². The number of nitrogens with one attached hydrogen (secondary N) is 1. The van der Waals surface area contributed by atoms with Crippen LogP contribution in [0.3, 0.4) is 0 Å². The van der Waals surface area contributed by atoms with Crippen LogP contribution in [-0.4, -0.2) is 84.8 Å². The summed E-state index contributed by atoms with van der Waals surface area (Å²) in [5.74, 6) is 0.675. The van der Waals surface area contributed by atoms with Gasteiger partial charge in [-0.15, -0.1) is 0 Å². The highest BCUT2D eigenvalue weighted by molar-refractivity contribution is 5.89. The summed E-state index contributed by atoms with van der Waals surface area (Å²) in [6.07, 6.45) is 0. The topological polar surface area (TPSA) is 48.1 Å². The van der Waals surface area contributed by atoms with Crippen LogP contribution in [0.1, 0.15) is 13.8 Å². The lowest BCUT2D eigenvalue weighted by Gasteiger charge is -2.63. The zero-order valence-corrected chi connectivity index (χ0v) is 15.9. The maximum Gasteiger partial charge on any atom is 0.321 e. The number of likely N-dealkylation sites (tertiary alicyclic amines) is 1. The Labute approximate surface area is 156 Å². The molecule has 3 fully saturated rings.